The van der Waals surface area contributed by atoms with Crippen LogP contribution < -0.4 is 0 Å². The van der Waals surface area contributed by atoms with Crippen LogP contribution in [0.2, 0.25) is 0 Å². The standard InChI is InChI=1S/C16H13IO3/c17-16(20)10-7-5-9(6-8-10)13-14(18)11-3-1-2-4-12(11)15(13)19/h1-2,5-8,11-13H,3-4H2. The summed E-state index contributed by atoms with van der Waals surface area (Å²) in [6.45, 7) is 0. The minimum Gasteiger partial charge on any atom is -0.298 e. The summed E-state index contributed by atoms with van der Waals surface area (Å²) in [5.41, 5.74) is 1.31. The summed E-state index contributed by atoms with van der Waals surface area (Å²) < 4.78 is -0.0453. The first-order chi connectivity index (χ1) is 9.59. The molecule has 2 aliphatic carbocycles. The van der Waals surface area contributed by atoms with Crippen molar-refractivity contribution in [1.29, 1.82) is 0 Å². The van der Waals surface area contributed by atoms with E-state index in [2.05, 4.69) is 0 Å². The molecule has 20 heavy (non-hydrogen) atoms. The average Bonchev–Trinajstić information content (AvgIpc) is 2.72. The Hall–Kier alpha value is -1.30. The van der Waals surface area contributed by atoms with Gasteiger partial charge in [0, 0.05) is 40.0 Å². The van der Waals surface area contributed by atoms with Crippen LogP contribution in [0.4, 0.5) is 0 Å². The molecule has 0 N–H and O–H groups in total. The van der Waals surface area contributed by atoms with Gasteiger partial charge in [0.15, 0.2) is 11.6 Å². The van der Waals surface area contributed by atoms with Crippen LogP contribution in [0.25, 0.3) is 0 Å². The largest absolute Gasteiger partial charge is 0.298 e. The second-order valence-corrected chi connectivity index (χ2v) is 6.27. The highest BCUT2D eigenvalue weighted by atomic mass is 127. The van der Waals surface area contributed by atoms with Crippen LogP contribution in [-0.2, 0) is 9.59 Å². The molecule has 0 radical (unpaired) electrons. The van der Waals surface area contributed by atoms with E-state index in [1.54, 1.807) is 46.9 Å². The summed E-state index contributed by atoms with van der Waals surface area (Å²) in [6.07, 6.45) is 5.34. The molecule has 0 saturated heterocycles. The van der Waals surface area contributed by atoms with Crippen LogP contribution in [0.5, 0.6) is 0 Å². The molecule has 3 nitrogen and oxygen atoms in total. The zero-order valence-corrected chi connectivity index (χ0v) is 12.9. The van der Waals surface area contributed by atoms with Gasteiger partial charge in [-0.3, -0.25) is 14.4 Å². The van der Waals surface area contributed by atoms with Crippen LogP contribution in [-0.4, -0.2) is 15.4 Å². The van der Waals surface area contributed by atoms with Gasteiger partial charge in [-0.15, -0.1) is 0 Å². The first-order valence-corrected chi connectivity index (χ1v) is 7.69. The molecule has 1 aromatic rings. The van der Waals surface area contributed by atoms with E-state index in [1.165, 1.54) is 0 Å². The highest BCUT2D eigenvalue weighted by Crippen LogP contribution is 2.42. The monoisotopic (exact) mass is 380 g/mol. The summed E-state index contributed by atoms with van der Waals surface area (Å²) in [4.78, 5) is 36.1. The Bertz CT molecular complexity index is 589. The third kappa shape index (κ3) is 2.16. The Morgan fingerprint density at radius 1 is 0.950 bits per heavy atom. The molecule has 2 aliphatic rings. The molecule has 0 aliphatic heterocycles. The van der Waals surface area contributed by atoms with Gasteiger partial charge < -0.3 is 0 Å². The molecule has 4 heteroatoms. The maximum Gasteiger partial charge on any atom is 0.222 e. The molecular formula is C16H13IO3. The van der Waals surface area contributed by atoms with Gasteiger partial charge in [-0.25, -0.2) is 0 Å². The molecule has 0 bridgehead atoms. The van der Waals surface area contributed by atoms with Crippen molar-refractivity contribution >= 4 is 37.9 Å². The van der Waals surface area contributed by atoms with Gasteiger partial charge in [-0.2, -0.15) is 0 Å². The van der Waals surface area contributed by atoms with Crippen LogP contribution in [0.1, 0.15) is 34.7 Å². The molecule has 2 atom stereocenters. The number of halogens is 1. The van der Waals surface area contributed by atoms with Crippen LogP contribution >= 0.6 is 22.6 Å². The molecule has 3 rings (SSSR count). The number of ketones is 2. The smallest absolute Gasteiger partial charge is 0.222 e. The lowest BCUT2D eigenvalue weighted by Crippen LogP contribution is -2.18. The maximum atomic E-state index is 12.4. The van der Waals surface area contributed by atoms with Crippen molar-refractivity contribution in [3.05, 3.63) is 47.5 Å². The van der Waals surface area contributed by atoms with Crippen LogP contribution in [0, 0.1) is 11.8 Å². The molecule has 2 unspecified atom stereocenters. The second kappa shape index (κ2) is 5.24. The first-order valence-electron chi connectivity index (χ1n) is 6.62. The quantitative estimate of drug-likeness (QED) is 0.343. The summed E-state index contributed by atoms with van der Waals surface area (Å²) in [5.74, 6) is -0.856. The number of carbonyl (C=O) groups is 3. The number of rotatable bonds is 2. The number of hydrogen-bond acceptors (Lipinski definition) is 3. The molecule has 0 aromatic heterocycles. The minimum absolute atomic E-state index is 0.0397. The Kier molecular flexibility index (Phi) is 3.58. The van der Waals surface area contributed by atoms with Crippen LogP contribution in [0.3, 0.4) is 0 Å². The molecule has 0 spiro atoms. The Balaban J connectivity index is 1.92. The normalized spacial score (nSPS) is 28.6. The van der Waals surface area contributed by atoms with Gasteiger partial charge in [0.05, 0.1) is 0 Å². The lowest BCUT2D eigenvalue weighted by atomic mass is 9.85. The number of fused-ring (bicyclic) bond motifs is 1. The number of hydrogen-bond donors (Lipinski definition) is 0. The fraction of sp³-hybridized carbons (Fsp3) is 0.312. The Labute approximate surface area is 130 Å². The summed E-state index contributed by atoms with van der Waals surface area (Å²) in [6, 6.07) is 6.84. The molecular weight excluding hydrogens is 367 g/mol. The van der Waals surface area contributed by atoms with Crippen molar-refractivity contribution in [3.8, 4) is 0 Å². The predicted octanol–water partition coefficient (Wildman–Crippen LogP) is 3.08. The Morgan fingerprint density at radius 3 is 1.90 bits per heavy atom. The SMILES string of the molecule is O=C(I)c1ccc(C2C(=O)C3CC=CCC3C2=O)cc1. The lowest BCUT2D eigenvalue weighted by molar-refractivity contribution is -0.125. The van der Waals surface area contributed by atoms with E-state index in [0.29, 0.717) is 18.4 Å². The minimum atomic E-state index is -0.636. The van der Waals surface area contributed by atoms with E-state index in [-0.39, 0.29) is 27.2 Å². The number of benzene rings is 1. The predicted molar refractivity (Wildman–Crippen MR) is 82.9 cm³/mol. The van der Waals surface area contributed by atoms with Crippen molar-refractivity contribution in [2.24, 2.45) is 11.8 Å². The number of Topliss-reactive ketones (excluding diaryl/α,β-unsaturated/α-hetero) is 2. The van der Waals surface area contributed by atoms with Crippen molar-refractivity contribution in [3.63, 3.8) is 0 Å². The summed E-state index contributed by atoms with van der Waals surface area (Å²) in [5, 5.41) is 0. The highest BCUT2D eigenvalue weighted by Gasteiger charge is 2.49. The van der Waals surface area contributed by atoms with Crippen molar-refractivity contribution in [2.75, 3.05) is 0 Å². The summed E-state index contributed by atoms with van der Waals surface area (Å²) >= 11 is 1.72. The van der Waals surface area contributed by atoms with E-state index in [1.807, 2.05) is 12.2 Å². The van der Waals surface area contributed by atoms with Gasteiger partial charge in [0.2, 0.25) is 3.79 Å². The van der Waals surface area contributed by atoms with Gasteiger partial charge in [-0.1, -0.05) is 36.4 Å². The fourth-order valence-corrected chi connectivity index (χ4v) is 3.51. The van der Waals surface area contributed by atoms with Gasteiger partial charge in [-0.05, 0) is 18.4 Å². The Morgan fingerprint density at radius 2 is 1.45 bits per heavy atom. The van der Waals surface area contributed by atoms with E-state index in [4.69, 9.17) is 0 Å². The van der Waals surface area contributed by atoms with Crippen molar-refractivity contribution < 1.29 is 14.4 Å². The molecule has 1 saturated carbocycles. The maximum absolute atomic E-state index is 12.4. The van der Waals surface area contributed by atoms with Crippen molar-refractivity contribution in [1.82, 2.24) is 0 Å². The molecule has 1 fully saturated rings. The first kappa shape index (κ1) is 13.7. The number of allylic oxidation sites excluding steroid dienone is 2. The van der Waals surface area contributed by atoms with E-state index < -0.39 is 5.92 Å². The average molecular weight is 380 g/mol. The van der Waals surface area contributed by atoms with E-state index >= 15 is 0 Å². The lowest BCUT2D eigenvalue weighted by Gasteiger charge is -2.16. The van der Waals surface area contributed by atoms with Gasteiger partial charge >= 0.3 is 0 Å². The summed E-state index contributed by atoms with van der Waals surface area (Å²) in [7, 11) is 0. The van der Waals surface area contributed by atoms with Crippen molar-refractivity contribution in [2.45, 2.75) is 18.8 Å². The van der Waals surface area contributed by atoms with E-state index in [9.17, 15) is 14.4 Å². The van der Waals surface area contributed by atoms with Gasteiger partial charge in [0.25, 0.3) is 0 Å². The fourth-order valence-electron chi connectivity index (χ4n) is 3.15. The highest BCUT2D eigenvalue weighted by molar-refractivity contribution is 14.1. The third-order valence-electron chi connectivity index (χ3n) is 4.20. The third-order valence-corrected chi connectivity index (χ3v) is 4.83. The topological polar surface area (TPSA) is 51.2 Å². The van der Waals surface area contributed by atoms with Gasteiger partial charge in [0.1, 0.15) is 5.92 Å². The molecule has 0 heterocycles. The zero-order valence-electron chi connectivity index (χ0n) is 10.7. The number of carbonyl (C=O) groups excluding carboxylic acids is 3. The van der Waals surface area contributed by atoms with E-state index in [0.717, 1.165) is 5.56 Å². The molecule has 102 valence electrons. The second-order valence-electron chi connectivity index (χ2n) is 5.29. The van der Waals surface area contributed by atoms with Crippen LogP contribution in [0.15, 0.2) is 36.4 Å². The molecule has 0 amide bonds. The zero-order chi connectivity index (χ0) is 14.3. The molecule has 1 aromatic carbocycles.